The number of aliphatic hydroxyl groups is 1. The van der Waals surface area contributed by atoms with Gasteiger partial charge in [0.15, 0.2) is 0 Å². The lowest BCUT2D eigenvalue weighted by Crippen LogP contribution is -2.36. The summed E-state index contributed by atoms with van der Waals surface area (Å²) in [7, 11) is 2.15. The lowest BCUT2D eigenvalue weighted by atomic mass is 9.86. The Balaban J connectivity index is 1.96. The van der Waals surface area contributed by atoms with Crippen LogP contribution >= 0.6 is 15.9 Å². The molecule has 0 amide bonds. The van der Waals surface area contributed by atoms with E-state index in [4.69, 9.17) is 0 Å². The molecular formula is C15H22BrNO. The van der Waals surface area contributed by atoms with Crippen LogP contribution in [0.3, 0.4) is 0 Å². The molecule has 1 aliphatic rings. The highest BCUT2D eigenvalue weighted by Gasteiger charge is 2.34. The molecule has 0 heterocycles. The molecule has 0 atom stereocenters. The first-order valence-corrected chi connectivity index (χ1v) is 7.47. The minimum absolute atomic E-state index is 0.149. The zero-order valence-corrected chi connectivity index (χ0v) is 12.6. The Hall–Kier alpha value is -0.380. The van der Waals surface area contributed by atoms with E-state index >= 15 is 0 Å². The van der Waals surface area contributed by atoms with E-state index in [2.05, 4.69) is 46.1 Å². The minimum Gasteiger partial charge on any atom is -0.396 e. The molecule has 0 radical (unpaired) electrons. The number of aliphatic hydroxyl groups excluding tert-OH is 1. The maximum absolute atomic E-state index is 9.65. The fraction of sp³-hybridized carbons (Fsp3) is 0.600. The molecule has 0 unspecified atom stereocenters. The van der Waals surface area contributed by atoms with Crippen molar-refractivity contribution in [3.05, 3.63) is 34.3 Å². The summed E-state index contributed by atoms with van der Waals surface area (Å²) < 4.78 is 1.17. The van der Waals surface area contributed by atoms with Crippen molar-refractivity contribution in [1.29, 1.82) is 0 Å². The van der Waals surface area contributed by atoms with Crippen LogP contribution in [-0.2, 0) is 6.54 Å². The summed E-state index contributed by atoms with van der Waals surface area (Å²) >= 11 is 3.59. The van der Waals surface area contributed by atoms with E-state index in [0.717, 1.165) is 13.1 Å². The third kappa shape index (κ3) is 3.34. The molecular weight excluding hydrogens is 290 g/mol. The van der Waals surface area contributed by atoms with Crippen LogP contribution in [0.1, 0.15) is 31.2 Å². The van der Waals surface area contributed by atoms with Gasteiger partial charge in [0.1, 0.15) is 0 Å². The first-order valence-electron chi connectivity index (χ1n) is 6.68. The van der Waals surface area contributed by atoms with Gasteiger partial charge in [0.25, 0.3) is 0 Å². The quantitative estimate of drug-likeness (QED) is 0.900. The summed E-state index contributed by atoms with van der Waals surface area (Å²) in [5, 5.41) is 9.65. The van der Waals surface area contributed by atoms with Gasteiger partial charge in [-0.3, -0.25) is 0 Å². The second-order valence-electron chi connectivity index (χ2n) is 5.63. The van der Waals surface area contributed by atoms with Crippen molar-refractivity contribution in [1.82, 2.24) is 4.90 Å². The van der Waals surface area contributed by atoms with Gasteiger partial charge in [0.2, 0.25) is 0 Å². The average molecular weight is 312 g/mol. The van der Waals surface area contributed by atoms with Crippen LogP contribution in [-0.4, -0.2) is 30.2 Å². The summed E-state index contributed by atoms with van der Waals surface area (Å²) in [4.78, 5) is 2.33. The lowest BCUT2D eigenvalue weighted by molar-refractivity contribution is 0.0863. The van der Waals surface area contributed by atoms with Crippen LogP contribution in [0.5, 0.6) is 0 Å². The topological polar surface area (TPSA) is 23.5 Å². The molecule has 2 nitrogen and oxygen atoms in total. The Bertz CT molecular complexity index is 388. The van der Waals surface area contributed by atoms with E-state index < -0.39 is 0 Å². The predicted octanol–water partition coefficient (Wildman–Crippen LogP) is 3.43. The summed E-state index contributed by atoms with van der Waals surface area (Å²) in [6.45, 7) is 2.25. The molecule has 1 fully saturated rings. The Morgan fingerprint density at radius 2 is 1.94 bits per heavy atom. The molecule has 1 aromatic carbocycles. The standard InChI is InChI=1S/C15H22BrNO/c1-17(10-13-6-2-3-7-14(13)16)11-15(12-18)8-4-5-9-15/h2-3,6-7,18H,4-5,8-12H2,1H3. The minimum atomic E-state index is 0.149. The van der Waals surface area contributed by atoms with E-state index in [0.29, 0.717) is 6.61 Å². The Kier molecular flexibility index (Phi) is 4.82. The van der Waals surface area contributed by atoms with E-state index in [1.165, 1.54) is 35.7 Å². The molecule has 3 heteroatoms. The highest BCUT2D eigenvalue weighted by molar-refractivity contribution is 9.10. The van der Waals surface area contributed by atoms with Crippen molar-refractivity contribution in [2.24, 2.45) is 5.41 Å². The van der Waals surface area contributed by atoms with Crippen LogP contribution < -0.4 is 0 Å². The van der Waals surface area contributed by atoms with Crippen LogP contribution in [0.4, 0.5) is 0 Å². The molecule has 1 aromatic rings. The van der Waals surface area contributed by atoms with Gasteiger partial charge in [0.05, 0.1) is 0 Å². The molecule has 1 N–H and O–H groups in total. The smallest absolute Gasteiger partial charge is 0.0499 e. The number of hydrogen-bond donors (Lipinski definition) is 1. The lowest BCUT2D eigenvalue weighted by Gasteiger charge is -2.32. The monoisotopic (exact) mass is 311 g/mol. The van der Waals surface area contributed by atoms with Crippen molar-refractivity contribution in [3.63, 3.8) is 0 Å². The fourth-order valence-electron chi connectivity index (χ4n) is 3.04. The van der Waals surface area contributed by atoms with Crippen LogP contribution in [0.25, 0.3) is 0 Å². The van der Waals surface area contributed by atoms with Gasteiger partial charge in [-0.15, -0.1) is 0 Å². The van der Waals surface area contributed by atoms with Crippen LogP contribution in [0.2, 0.25) is 0 Å². The van der Waals surface area contributed by atoms with Gasteiger partial charge in [-0.25, -0.2) is 0 Å². The normalized spacial score (nSPS) is 18.4. The molecule has 18 heavy (non-hydrogen) atoms. The van der Waals surface area contributed by atoms with Crippen molar-refractivity contribution in [2.75, 3.05) is 20.2 Å². The second kappa shape index (κ2) is 6.18. The van der Waals surface area contributed by atoms with Gasteiger partial charge in [-0.05, 0) is 31.5 Å². The van der Waals surface area contributed by atoms with Crippen LogP contribution in [0, 0.1) is 5.41 Å². The number of hydrogen-bond acceptors (Lipinski definition) is 2. The maximum atomic E-state index is 9.65. The maximum Gasteiger partial charge on any atom is 0.0499 e. The number of nitrogens with zero attached hydrogens (tertiary/aromatic N) is 1. The third-order valence-electron chi connectivity index (χ3n) is 4.00. The molecule has 0 bridgehead atoms. The first kappa shape index (κ1) is 14.0. The largest absolute Gasteiger partial charge is 0.396 e. The van der Waals surface area contributed by atoms with Crippen molar-refractivity contribution >= 4 is 15.9 Å². The van der Waals surface area contributed by atoms with Gasteiger partial charge >= 0.3 is 0 Å². The van der Waals surface area contributed by atoms with E-state index in [1.807, 2.05) is 6.07 Å². The molecule has 0 aliphatic heterocycles. The molecule has 0 saturated heterocycles. The van der Waals surface area contributed by atoms with Crippen LogP contribution in [0.15, 0.2) is 28.7 Å². The van der Waals surface area contributed by atoms with Gasteiger partial charge < -0.3 is 10.0 Å². The van der Waals surface area contributed by atoms with E-state index in [9.17, 15) is 5.11 Å². The Morgan fingerprint density at radius 1 is 1.28 bits per heavy atom. The molecule has 2 rings (SSSR count). The average Bonchev–Trinajstić information content (AvgIpc) is 2.81. The van der Waals surface area contributed by atoms with Gasteiger partial charge in [0, 0.05) is 29.6 Å². The second-order valence-corrected chi connectivity index (χ2v) is 6.48. The molecule has 1 saturated carbocycles. The third-order valence-corrected chi connectivity index (χ3v) is 4.78. The highest BCUT2D eigenvalue weighted by Crippen LogP contribution is 2.38. The molecule has 0 aromatic heterocycles. The van der Waals surface area contributed by atoms with Crippen molar-refractivity contribution < 1.29 is 5.11 Å². The summed E-state index contributed by atoms with van der Waals surface area (Å²) in [6, 6.07) is 8.35. The summed E-state index contributed by atoms with van der Waals surface area (Å²) in [6.07, 6.45) is 4.88. The number of halogens is 1. The summed E-state index contributed by atoms with van der Waals surface area (Å²) in [5.41, 5.74) is 1.46. The Morgan fingerprint density at radius 3 is 2.56 bits per heavy atom. The molecule has 1 aliphatic carbocycles. The van der Waals surface area contributed by atoms with Crippen molar-refractivity contribution in [3.8, 4) is 0 Å². The van der Waals surface area contributed by atoms with Crippen molar-refractivity contribution in [2.45, 2.75) is 32.2 Å². The van der Waals surface area contributed by atoms with E-state index in [1.54, 1.807) is 0 Å². The predicted molar refractivity (Wildman–Crippen MR) is 78.5 cm³/mol. The zero-order chi connectivity index (χ0) is 13.0. The zero-order valence-electron chi connectivity index (χ0n) is 11.0. The molecule has 100 valence electrons. The van der Waals surface area contributed by atoms with E-state index in [-0.39, 0.29) is 5.41 Å². The first-order chi connectivity index (χ1) is 8.65. The number of rotatable bonds is 5. The molecule has 0 spiro atoms. The van der Waals surface area contributed by atoms with Gasteiger partial charge in [-0.1, -0.05) is 47.0 Å². The summed E-state index contributed by atoms with van der Waals surface area (Å²) in [5.74, 6) is 0. The van der Waals surface area contributed by atoms with Gasteiger partial charge in [-0.2, -0.15) is 0 Å². The Labute approximate surface area is 118 Å². The highest BCUT2D eigenvalue weighted by atomic mass is 79.9. The number of benzene rings is 1. The SMILES string of the molecule is CN(Cc1ccccc1Br)CC1(CO)CCCC1. The fourth-order valence-corrected chi connectivity index (χ4v) is 3.45.